The Bertz CT molecular complexity index is 892. The maximum Gasteiger partial charge on any atom is 0.252 e. The van der Waals surface area contributed by atoms with E-state index in [0.29, 0.717) is 11.5 Å². The molecule has 1 saturated carbocycles. The number of hydrogen-bond donors (Lipinski definition) is 2. The van der Waals surface area contributed by atoms with Crippen molar-refractivity contribution in [1.29, 1.82) is 0 Å². The summed E-state index contributed by atoms with van der Waals surface area (Å²) < 4.78 is 0. The molecule has 6 nitrogen and oxygen atoms in total. The van der Waals surface area contributed by atoms with Crippen molar-refractivity contribution in [2.75, 3.05) is 17.3 Å². The van der Waals surface area contributed by atoms with Crippen molar-refractivity contribution in [3.8, 4) is 0 Å². The summed E-state index contributed by atoms with van der Waals surface area (Å²) in [5.74, 6) is 1.47. The summed E-state index contributed by atoms with van der Waals surface area (Å²) in [5, 5.41) is 6.17. The molecule has 4 rings (SSSR count). The molecule has 2 aliphatic rings. The predicted octanol–water partition coefficient (Wildman–Crippen LogP) is 3.38. The second-order valence-corrected chi connectivity index (χ2v) is 7.77. The number of nitrogens with zero attached hydrogens (tertiary/aromatic N) is 2. The maximum atomic E-state index is 12.5. The lowest BCUT2D eigenvalue weighted by molar-refractivity contribution is -0.117. The lowest BCUT2D eigenvalue weighted by Gasteiger charge is -2.45. The molecule has 2 amide bonds. The number of nitrogens with one attached hydrogen (secondary N) is 2. The largest absolute Gasteiger partial charge is 0.363 e. The first-order valence-corrected chi connectivity index (χ1v) is 9.84. The van der Waals surface area contributed by atoms with E-state index in [9.17, 15) is 9.59 Å². The SMILES string of the molecule is CNC(=O)c1ccc(N[C@H]2c3ccccc3N(C(C)=O)[C@@H](C3CC3)[C@@H]2C)nc1. The first kappa shape index (κ1) is 18.5. The van der Waals surface area contributed by atoms with Crippen LogP contribution in [-0.4, -0.2) is 29.9 Å². The fourth-order valence-corrected chi connectivity index (χ4v) is 4.43. The van der Waals surface area contributed by atoms with E-state index in [2.05, 4.69) is 28.6 Å². The van der Waals surface area contributed by atoms with Crippen LogP contribution in [0.3, 0.4) is 0 Å². The zero-order valence-electron chi connectivity index (χ0n) is 16.5. The number of pyridine rings is 1. The van der Waals surface area contributed by atoms with Gasteiger partial charge in [0, 0.05) is 37.8 Å². The van der Waals surface area contributed by atoms with Crippen molar-refractivity contribution in [2.24, 2.45) is 11.8 Å². The van der Waals surface area contributed by atoms with Gasteiger partial charge >= 0.3 is 0 Å². The van der Waals surface area contributed by atoms with Gasteiger partial charge in [-0.3, -0.25) is 9.59 Å². The number of aromatic nitrogens is 1. The Hall–Kier alpha value is -2.89. The van der Waals surface area contributed by atoms with Gasteiger partial charge in [0.25, 0.3) is 5.91 Å². The van der Waals surface area contributed by atoms with Crippen molar-refractivity contribution in [2.45, 2.75) is 38.8 Å². The van der Waals surface area contributed by atoms with Gasteiger partial charge in [0.15, 0.2) is 0 Å². The summed E-state index contributed by atoms with van der Waals surface area (Å²) in [7, 11) is 1.61. The highest BCUT2D eigenvalue weighted by molar-refractivity contribution is 5.94. The summed E-state index contributed by atoms with van der Waals surface area (Å²) in [6, 6.07) is 12.0. The van der Waals surface area contributed by atoms with Crippen LogP contribution in [0.1, 0.15) is 48.7 Å². The number of rotatable bonds is 4. The van der Waals surface area contributed by atoms with E-state index < -0.39 is 0 Å². The Balaban J connectivity index is 1.68. The molecule has 2 aromatic rings. The third kappa shape index (κ3) is 3.23. The molecule has 1 aromatic carbocycles. The Morgan fingerprint density at radius 1 is 1.14 bits per heavy atom. The van der Waals surface area contributed by atoms with Gasteiger partial charge in [0.1, 0.15) is 5.82 Å². The number of benzene rings is 1. The van der Waals surface area contributed by atoms with Crippen molar-refractivity contribution < 1.29 is 9.59 Å². The van der Waals surface area contributed by atoms with Gasteiger partial charge in [-0.1, -0.05) is 25.1 Å². The van der Waals surface area contributed by atoms with E-state index in [1.807, 2.05) is 29.2 Å². The highest BCUT2D eigenvalue weighted by atomic mass is 16.2. The molecule has 2 heterocycles. The van der Waals surface area contributed by atoms with E-state index in [-0.39, 0.29) is 29.8 Å². The molecule has 0 saturated heterocycles. The van der Waals surface area contributed by atoms with Crippen LogP contribution in [0.25, 0.3) is 0 Å². The van der Waals surface area contributed by atoms with Gasteiger partial charge in [-0.2, -0.15) is 0 Å². The second-order valence-electron chi connectivity index (χ2n) is 7.77. The fraction of sp³-hybridized carbons (Fsp3) is 0.409. The van der Waals surface area contributed by atoms with Gasteiger partial charge in [0.2, 0.25) is 5.91 Å². The number of fused-ring (bicyclic) bond motifs is 1. The molecule has 1 aromatic heterocycles. The minimum atomic E-state index is -0.152. The van der Waals surface area contributed by atoms with Crippen LogP contribution in [0.5, 0.6) is 0 Å². The molecular weight excluding hydrogens is 352 g/mol. The van der Waals surface area contributed by atoms with Gasteiger partial charge < -0.3 is 15.5 Å². The Morgan fingerprint density at radius 3 is 2.50 bits per heavy atom. The van der Waals surface area contributed by atoms with Crippen LogP contribution < -0.4 is 15.5 Å². The molecule has 1 fully saturated rings. The first-order chi connectivity index (χ1) is 13.5. The zero-order valence-corrected chi connectivity index (χ0v) is 16.5. The number of carbonyl (C=O) groups excluding carboxylic acids is 2. The molecule has 0 bridgehead atoms. The van der Waals surface area contributed by atoms with Crippen molar-refractivity contribution >= 4 is 23.3 Å². The Morgan fingerprint density at radius 2 is 1.89 bits per heavy atom. The lowest BCUT2D eigenvalue weighted by atomic mass is 9.80. The Labute approximate surface area is 165 Å². The van der Waals surface area contributed by atoms with Gasteiger partial charge in [0.05, 0.1) is 11.6 Å². The molecule has 6 heteroatoms. The zero-order chi connectivity index (χ0) is 19.8. The highest BCUT2D eigenvalue weighted by Gasteiger charge is 2.47. The van der Waals surface area contributed by atoms with Crippen LogP contribution in [0.2, 0.25) is 0 Å². The van der Waals surface area contributed by atoms with Crippen molar-refractivity contribution in [3.63, 3.8) is 0 Å². The highest BCUT2D eigenvalue weighted by Crippen LogP contribution is 2.49. The van der Waals surface area contributed by atoms with Crippen LogP contribution in [-0.2, 0) is 4.79 Å². The molecule has 3 atom stereocenters. The standard InChI is InChI=1S/C22H26N4O2/c1-13-20(25-19-11-10-16(12-24-19)22(28)23-3)17-6-4-5-7-18(17)26(14(2)27)21(13)15-8-9-15/h4-7,10-13,15,20-21H,8-9H2,1-3H3,(H,23,28)(H,24,25)/t13-,20-,21-/m1/s1. The van der Waals surface area contributed by atoms with Gasteiger partial charge in [-0.25, -0.2) is 4.98 Å². The number of para-hydroxylation sites is 1. The third-order valence-corrected chi connectivity index (χ3v) is 5.89. The molecular formula is C22H26N4O2. The minimum Gasteiger partial charge on any atom is -0.363 e. The molecule has 1 aliphatic carbocycles. The summed E-state index contributed by atoms with van der Waals surface area (Å²) in [4.78, 5) is 30.7. The maximum absolute atomic E-state index is 12.5. The van der Waals surface area contributed by atoms with E-state index in [1.165, 1.54) is 12.8 Å². The molecule has 2 N–H and O–H groups in total. The number of carbonyl (C=O) groups is 2. The Kier molecular flexibility index (Phi) is 4.79. The van der Waals surface area contributed by atoms with Gasteiger partial charge in [-0.15, -0.1) is 0 Å². The van der Waals surface area contributed by atoms with E-state index in [1.54, 1.807) is 26.2 Å². The fourth-order valence-electron chi connectivity index (χ4n) is 4.43. The molecule has 0 radical (unpaired) electrons. The van der Waals surface area contributed by atoms with Crippen LogP contribution >= 0.6 is 0 Å². The van der Waals surface area contributed by atoms with Gasteiger partial charge in [-0.05, 0) is 42.5 Å². The van der Waals surface area contributed by atoms with E-state index in [0.717, 1.165) is 17.1 Å². The average Bonchev–Trinajstić information content (AvgIpc) is 3.54. The number of hydrogen-bond acceptors (Lipinski definition) is 4. The molecule has 28 heavy (non-hydrogen) atoms. The quantitative estimate of drug-likeness (QED) is 0.855. The van der Waals surface area contributed by atoms with Crippen molar-refractivity contribution in [3.05, 3.63) is 53.7 Å². The molecule has 0 unspecified atom stereocenters. The summed E-state index contributed by atoms with van der Waals surface area (Å²) >= 11 is 0. The monoisotopic (exact) mass is 378 g/mol. The average molecular weight is 378 g/mol. The second kappa shape index (κ2) is 7.26. The summed E-state index contributed by atoms with van der Waals surface area (Å²) in [6.07, 6.45) is 3.93. The van der Waals surface area contributed by atoms with Crippen LogP contribution in [0, 0.1) is 11.8 Å². The first-order valence-electron chi connectivity index (χ1n) is 9.84. The smallest absolute Gasteiger partial charge is 0.252 e. The lowest BCUT2D eigenvalue weighted by Crippen LogP contribution is -2.51. The summed E-state index contributed by atoms with van der Waals surface area (Å²) in [5.41, 5.74) is 2.63. The topological polar surface area (TPSA) is 74.3 Å². The molecule has 0 spiro atoms. The van der Waals surface area contributed by atoms with Crippen LogP contribution in [0.15, 0.2) is 42.6 Å². The molecule has 1 aliphatic heterocycles. The number of anilines is 2. The van der Waals surface area contributed by atoms with E-state index >= 15 is 0 Å². The van der Waals surface area contributed by atoms with E-state index in [4.69, 9.17) is 0 Å². The van der Waals surface area contributed by atoms with Crippen LogP contribution in [0.4, 0.5) is 11.5 Å². The third-order valence-electron chi connectivity index (χ3n) is 5.89. The number of amides is 2. The predicted molar refractivity (Wildman–Crippen MR) is 109 cm³/mol. The molecule has 146 valence electrons. The minimum absolute atomic E-state index is 0.0516. The normalized spacial score (nSPS) is 23.7. The van der Waals surface area contributed by atoms with Crippen molar-refractivity contribution in [1.82, 2.24) is 10.3 Å². The summed E-state index contributed by atoms with van der Waals surface area (Å²) in [6.45, 7) is 3.87.